The summed E-state index contributed by atoms with van der Waals surface area (Å²) < 4.78 is 5.13. The lowest BCUT2D eigenvalue weighted by atomic mass is 9.87. The standard InChI is InChI=1S/C23H22N2O5/c1-24(18-12-6-8-15-7-2-3-9-16(15)18)20(26)14-30-21(27)13-25-19-11-5-4-10-17(19)22(28)23(25)29/h2-5,7,9-11,18H,6,8,12-14H2,1H3/t18-/m0/s1. The second-order valence-electron chi connectivity index (χ2n) is 7.51. The van der Waals surface area contributed by atoms with Crippen molar-refractivity contribution in [2.75, 3.05) is 25.1 Å². The molecule has 0 unspecified atom stereocenters. The minimum atomic E-state index is -0.768. The third-order valence-electron chi connectivity index (χ3n) is 5.72. The summed E-state index contributed by atoms with van der Waals surface area (Å²) >= 11 is 0. The number of fused-ring (bicyclic) bond motifs is 2. The number of esters is 1. The first kappa shape index (κ1) is 19.8. The number of carbonyl (C=O) groups excluding carboxylic acids is 4. The van der Waals surface area contributed by atoms with Crippen LogP contribution in [0.15, 0.2) is 48.5 Å². The van der Waals surface area contributed by atoms with Gasteiger partial charge in [-0.1, -0.05) is 36.4 Å². The maximum Gasteiger partial charge on any atom is 0.326 e. The number of aryl methyl sites for hydroxylation is 1. The van der Waals surface area contributed by atoms with E-state index >= 15 is 0 Å². The molecule has 2 aromatic carbocycles. The van der Waals surface area contributed by atoms with Gasteiger partial charge in [-0.05, 0) is 42.5 Å². The lowest BCUT2D eigenvalue weighted by Crippen LogP contribution is -2.39. The summed E-state index contributed by atoms with van der Waals surface area (Å²) in [4.78, 5) is 51.8. The molecule has 2 aromatic rings. The third-order valence-corrected chi connectivity index (χ3v) is 5.72. The van der Waals surface area contributed by atoms with E-state index in [1.165, 1.54) is 5.56 Å². The Kier molecular flexibility index (Phi) is 5.35. The van der Waals surface area contributed by atoms with Crippen LogP contribution in [0.1, 0.15) is 40.4 Å². The number of ketones is 1. The number of benzene rings is 2. The van der Waals surface area contributed by atoms with Gasteiger partial charge in [0.05, 0.1) is 17.3 Å². The first-order chi connectivity index (χ1) is 14.5. The van der Waals surface area contributed by atoms with Gasteiger partial charge in [-0.25, -0.2) is 0 Å². The van der Waals surface area contributed by atoms with E-state index in [4.69, 9.17) is 4.74 Å². The highest BCUT2D eigenvalue weighted by molar-refractivity contribution is 6.52. The van der Waals surface area contributed by atoms with Crippen LogP contribution in [0.3, 0.4) is 0 Å². The monoisotopic (exact) mass is 406 g/mol. The smallest absolute Gasteiger partial charge is 0.326 e. The van der Waals surface area contributed by atoms with Crippen LogP contribution in [-0.4, -0.2) is 48.7 Å². The summed E-state index contributed by atoms with van der Waals surface area (Å²) in [6, 6.07) is 14.5. The fourth-order valence-electron chi connectivity index (χ4n) is 4.13. The number of rotatable bonds is 5. The summed E-state index contributed by atoms with van der Waals surface area (Å²) in [5, 5.41) is 0. The number of para-hydroxylation sites is 1. The molecule has 0 N–H and O–H groups in total. The van der Waals surface area contributed by atoms with E-state index in [2.05, 4.69) is 6.07 Å². The normalized spacial score (nSPS) is 17.4. The van der Waals surface area contributed by atoms with Crippen molar-refractivity contribution in [3.63, 3.8) is 0 Å². The van der Waals surface area contributed by atoms with Gasteiger partial charge in [0, 0.05) is 7.05 Å². The first-order valence-electron chi connectivity index (χ1n) is 9.91. The Balaban J connectivity index is 1.36. The summed E-state index contributed by atoms with van der Waals surface area (Å²) in [5.41, 5.74) is 3.01. The quantitative estimate of drug-likeness (QED) is 0.562. The van der Waals surface area contributed by atoms with Crippen LogP contribution in [0.2, 0.25) is 0 Å². The van der Waals surface area contributed by atoms with Crippen LogP contribution < -0.4 is 4.90 Å². The van der Waals surface area contributed by atoms with Gasteiger partial charge in [-0.3, -0.25) is 24.1 Å². The summed E-state index contributed by atoms with van der Waals surface area (Å²) in [5.74, 6) is -2.46. The van der Waals surface area contributed by atoms with Crippen molar-refractivity contribution in [1.29, 1.82) is 0 Å². The zero-order valence-corrected chi connectivity index (χ0v) is 16.7. The Morgan fingerprint density at radius 3 is 2.67 bits per heavy atom. The molecule has 154 valence electrons. The van der Waals surface area contributed by atoms with E-state index in [9.17, 15) is 19.2 Å². The Labute approximate surface area is 174 Å². The minimum absolute atomic E-state index is 0.0502. The Morgan fingerprint density at radius 1 is 1.10 bits per heavy atom. The molecule has 2 aliphatic rings. The zero-order chi connectivity index (χ0) is 21.3. The molecule has 7 heteroatoms. The van der Waals surface area contributed by atoms with E-state index in [1.807, 2.05) is 18.2 Å². The number of nitrogens with zero attached hydrogens (tertiary/aromatic N) is 2. The van der Waals surface area contributed by atoms with Gasteiger partial charge >= 0.3 is 5.97 Å². The van der Waals surface area contributed by atoms with Crippen LogP contribution in [0, 0.1) is 0 Å². The molecule has 0 bridgehead atoms. The molecule has 4 rings (SSSR count). The highest BCUT2D eigenvalue weighted by Crippen LogP contribution is 2.33. The van der Waals surface area contributed by atoms with Crippen molar-refractivity contribution in [2.45, 2.75) is 25.3 Å². The number of anilines is 1. The predicted molar refractivity (Wildman–Crippen MR) is 109 cm³/mol. The Bertz CT molecular complexity index is 1030. The largest absolute Gasteiger partial charge is 0.454 e. The molecular formula is C23H22N2O5. The van der Waals surface area contributed by atoms with Crippen LogP contribution in [0.4, 0.5) is 5.69 Å². The van der Waals surface area contributed by atoms with E-state index in [0.717, 1.165) is 29.7 Å². The third kappa shape index (κ3) is 3.58. The fraction of sp³-hybridized carbons (Fsp3) is 0.304. The molecule has 0 fully saturated rings. The molecule has 2 amide bonds. The van der Waals surface area contributed by atoms with E-state index in [-0.39, 0.29) is 17.5 Å². The summed E-state index contributed by atoms with van der Waals surface area (Å²) in [6.45, 7) is -0.823. The van der Waals surface area contributed by atoms with Gasteiger partial charge in [0.2, 0.25) is 0 Å². The van der Waals surface area contributed by atoms with Crippen molar-refractivity contribution < 1.29 is 23.9 Å². The van der Waals surface area contributed by atoms with Gasteiger partial charge in [-0.2, -0.15) is 0 Å². The maximum atomic E-state index is 12.6. The number of carbonyl (C=O) groups is 4. The lowest BCUT2D eigenvalue weighted by Gasteiger charge is -2.33. The number of likely N-dealkylation sites (N-methyl/N-ethyl adjacent to an activating group) is 1. The van der Waals surface area contributed by atoms with Gasteiger partial charge in [-0.15, -0.1) is 0 Å². The van der Waals surface area contributed by atoms with Gasteiger partial charge < -0.3 is 9.64 Å². The highest BCUT2D eigenvalue weighted by atomic mass is 16.5. The van der Waals surface area contributed by atoms with E-state index in [1.54, 1.807) is 36.2 Å². The molecule has 30 heavy (non-hydrogen) atoms. The zero-order valence-electron chi connectivity index (χ0n) is 16.7. The Hall–Kier alpha value is -3.48. The number of ether oxygens (including phenoxy) is 1. The maximum absolute atomic E-state index is 12.6. The molecule has 1 aliphatic heterocycles. The van der Waals surface area contributed by atoms with Crippen molar-refractivity contribution >= 4 is 29.3 Å². The van der Waals surface area contributed by atoms with Crippen LogP contribution in [0.25, 0.3) is 0 Å². The van der Waals surface area contributed by atoms with Crippen molar-refractivity contribution in [1.82, 2.24) is 4.90 Å². The van der Waals surface area contributed by atoms with E-state index in [0.29, 0.717) is 5.69 Å². The molecule has 1 aliphatic carbocycles. The van der Waals surface area contributed by atoms with Crippen molar-refractivity contribution in [2.24, 2.45) is 0 Å². The molecular weight excluding hydrogens is 384 g/mol. The van der Waals surface area contributed by atoms with E-state index < -0.39 is 30.8 Å². The molecule has 0 saturated carbocycles. The summed E-state index contributed by atoms with van der Waals surface area (Å²) in [6.07, 6.45) is 2.84. The second-order valence-corrected chi connectivity index (χ2v) is 7.51. The number of Topliss-reactive ketones (excluding diaryl/α,β-unsaturated/α-hetero) is 1. The fourth-order valence-corrected chi connectivity index (χ4v) is 4.13. The number of amides is 2. The molecule has 0 spiro atoms. The SMILES string of the molecule is CN(C(=O)COC(=O)CN1C(=O)C(=O)c2ccccc21)[C@H]1CCCc2ccccc21. The van der Waals surface area contributed by atoms with Crippen molar-refractivity contribution in [3.05, 3.63) is 65.2 Å². The number of hydrogen-bond donors (Lipinski definition) is 0. The van der Waals surface area contributed by atoms with Crippen LogP contribution >= 0.6 is 0 Å². The molecule has 0 radical (unpaired) electrons. The molecule has 0 saturated heterocycles. The second kappa shape index (κ2) is 8.10. The Morgan fingerprint density at radius 2 is 1.83 bits per heavy atom. The molecule has 0 aromatic heterocycles. The molecule has 1 heterocycles. The summed E-state index contributed by atoms with van der Waals surface area (Å²) in [7, 11) is 1.71. The molecule has 1 atom stereocenters. The lowest BCUT2D eigenvalue weighted by molar-refractivity contribution is -0.151. The van der Waals surface area contributed by atoms with Gasteiger partial charge in [0.1, 0.15) is 6.54 Å². The average Bonchev–Trinajstić information content (AvgIpc) is 3.01. The van der Waals surface area contributed by atoms with Gasteiger partial charge in [0.15, 0.2) is 6.61 Å². The first-order valence-corrected chi connectivity index (χ1v) is 9.91. The number of hydrogen-bond acceptors (Lipinski definition) is 5. The topological polar surface area (TPSA) is 84.0 Å². The van der Waals surface area contributed by atoms with Crippen LogP contribution in [-0.2, 0) is 25.5 Å². The molecule has 7 nitrogen and oxygen atoms in total. The van der Waals surface area contributed by atoms with Crippen molar-refractivity contribution in [3.8, 4) is 0 Å². The van der Waals surface area contributed by atoms with Crippen LogP contribution in [0.5, 0.6) is 0 Å². The average molecular weight is 406 g/mol. The minimum Gasteiger partial charge on any atom is -0.454 e. The predicted octanol–water partition coefficient (Wildman–Crippen LogP) is 2.30. The highest BCUT2D eigenvalue weighted by Gasteiger charge is 2.37. The van der Waals surface area contributed by atoms with Gasteiger partial charge in [0.25, 0.3) is 17.6 Å².